The van der Waals surface area contributed by atoms with Crippen LogP contribution in [0.15, 0.2) is 23.0 Å². The lowest BCUT2D eigenvalue weighted by molar-refractivity contribution is 0.195. The van der Waals surface area contributed by atoms with Gasteiger partial charge in [-0.3, -0.25) is 9.69 Å². The van der Waals surface area contributed by atoms with E-state index in [9.17, 15) is 4.79 Å². The molecule has 1 aromatic heterocycles. The maximum Gasteiger partial charge on any atom is 0.273 e. The Morgan fingerprint density at radius 3 is 2.48 bits per heavy atom. The van der Waals surface area contributed by atoms with Crippen LogP contribution in [0.3, 0.4) is 0 Å². The van der Waals surface area contributed by atoms with E-state index in [-0.39, 0.29) is 5.56 Å². The minimum atomic E-state index is -0.102. The molecule has 0 bridgehead atoms. The van der Waals surface area contributed by atoms with Crippen LogP contribution in [0.5, 0.6) is 17.2 Å². The summed E-state index contributed by atoms with van der Waals surface area (Å²) in [6.07, 6.45) is 4.20. The van der Waals surface area contributed by atoms with Crippen molar-refractivity contribution in [3.63, 3.8) is 0 Å². The highest BCUT2D eigenvalue weighted by Gasteiger charge is 2.27. The molecule has 156 valence electrons. The van der Waals surface area contributed by atoms with Crippen molar-refractivity contribution in [2.75, 3.05) is 34.4 Å². The average Bonchev–Trinajstić information content (AvgIpc) is 3.20. The molecule has 0 unspecified atom stereocenters. The molecule has 4 rings (SSSR count). The summed E-state index contributed by atoms with van der Waals surface area (Å²) in [5.74, 6) is 3.28. The summed E-state index contributed by atoms with van der Waals surface area (Å²) in [5, 5.41) is 0. The molecule has 0 radical (unpaired) electrons. The number of hydrogen-bond acceptors (Lipinski definition) is 6. The largest absolute Gasteiger partial charge is 0.493 e. The zero-order valence-corrected chi connectivity index (χ0v) is 17.4. The van der Waals surface area contributed by atoms with E-state index in [0.29, 0.717) is 23.2 Å². The molecule has 0 aliphatic carbocycles. The number of fused-ring (bicyclic) bond motifs is 1. The molecule has 1 atom stereocenters. The summed E-state index contributed by atoms with van der Waals surface area (Å²) in [6.45, 7) is 3.74. The molecule has 29 heavy (non-hydrogen) atoms. The number of piperidine rings is 1. The summed E-state index contributed by atoms with van der Waals surface area (Å²) in [7, 11) is 4.89. The Balaban J connectivity index is 1.55. The third-order valence-electron chi connectivity index (χ3n) is 5.97. The molecule has 1 aromatic carbocycles. The molecule has 2 aliphatic heterocycles. The SMILES string of the molecule is COc1cc(CN2CCC[C@@H](c3cc(=O)nc4n3CCC4)C2)cc(OC)c1OC. The number of aromatic nitrogens is 2. The van der Waals surface area contributed by atoms with E-state index in [4.69, 9.17) is 14.2 Å². The van der Waals surface area contributed by atoms with E-state index in [1.54, 1.807) is 27.4 Å². The Labute approximate surface area is 171 Å². The van der Waals surface area contributed by atoms with Crippen molar-refractivity contribution in [1.29, 1.82) is 0 Å². The molecule has 2 aromatic rings. The lowest BCUT2D eigenvalue weighted by Crippen LogP contribution is -2.35. The Morgan fingerprint density at radius 2 is 1.79 bits per heavy atom. The molecular formula is C22H29N3O4. The fourth-order valence-electron chi connectivity index (χ4n) is 4.68. The topological polar surface area (TPSA) is 65.8 Å². The number of methoxy groups -OCH3 is 3. The molecular weight excluding hydrogens is 370 g/mol. The van der Waals surface area contributed by atoms with Crippen molar-refractivity contribution >= 4 is 0 Å². The van der Waals surface area contributed by atoms with Gasteiger partial charge in [-0.2, -0.15) is 4.98 Å². The highest BCUT2D eigenvalue weighted by atomic mass is 16.5. The van der Waals surface area contributed by atoms with Crippen LogP contribution in [0, 0.1) is 0 Å². The van der Waals surface area contributed by atoms with Crippen LogP contribution < -0.4 is 19.8 Å². The number of benzene rings is 1. The Kier molecular flexibility index (Phi) is 5.76. The molecule has 0 N–H and O–H groups in total. The summed E-state index contributed by atoms with van der Waals surface area (Å²) in [6, 6.07) is 5.78. The second-order valence-corrected chi connectivity index (χ2v) is 7.80. The minimum Gasteiger partial charge on any atom is -0.493 e. The van der Waals surface area contributed by atoms with Crippen molar-refractivity contribution in [1.82, 2.24) is 14.5 Å². The molecule has 1 fully saturated rings. The van der Waals surface area contributed by atoms with E-state index in [1.807, 2.05) is 12.1 Å². The summed E-state index contributed by atoms with van der Waals surface area (Å²) >= 11 is 0. The van der Waals surface area contributed by atoms with Gasteiger partial charge in [-0.05, 0) is 43.5 Å². The molecule has 7 heteroatoms. The molecule has 1 saturated heterocycles. The van der Waals surface area contributed by atoms with Gasteiger partial charge in [-0.25, -0.2) is 0 Å². The second-order valence-electron chi connectivity index (χ2n) is 7.80. The fourth-order valence-corrected chi connectivity index (χ4v) is 4.68. The molecule has 7 nitrogen and oxygen atoms in total. The van der Waals surface area contributed by atoms with Crippen LogP contribution in [-0.4, -0.2) is 48.9 Å². The second kappa shape index (κ2) is 8.45. The summed E-state index contributed by atoms with van der Waals surface area (Å²) in [5.41, 5.74) is 2.18. The van der Waals surface area contributed by atoms with E-state index in [2.05, 4.69) is 14.5 Å². The van der Waals surface area contributed by atoms with Gasteiger partial charge in [-0.1, -0.05) is 0 Å². The highest BCUT2D eigenvalue weighted by Crippen LogP contribution is 2.39. The van der Waals surface area contributed by atoms with Gasteiger partial charge in [0.25, 0.3) is 5.56 Å². The van der Waals surface area contributed by atoms with Crippen LogP contribution >= 0.6 is 0 Å². The zero-order chi connectivity index (χ0) is 20.4. The van der Waals surface area contributed by atoms with Crippen molar-refractivity contribution < 1.29 is 14.2 Å². The van der Waals surface area contributed by atoms with Crippen molar-refractivity contribution in [3.05, 3.63) is 45.6 Å². The normalized spacial score (nSPS) is 19.1. The van der Waals surface area contributed by atoms with Gasteiger partial charge < -0.3 is 18.8 Å². The van der Waals surface area contributed by atoms with Crippen LogP contribution in [-0.2, 0) is 19.5 Å². The lowest BCUT2D eigenvalue weighted by atomic mass is 9.93. The Bertz CT molecular complexity index is 915. The predicted octanol–water partition coefficient (Wildman–Crippen LogP) is 2.59. The van der Waals surface area contributed by atoms with Crippen molar-refractivity contribution in [2.24, 2.45) is 0 Å². The third kappa shape index (κ3) is 3.96. The summed E-state index contributed by atoms with van der Waals surface area (Å²) < 4.78 is 18.7. The first-order chi connectivity index (χ1) is 14.1. The smallest absolute Gasteiger partial charge is 0.273 e. The van der Waals surface area contributed by atoms with Gasteiger partial charge >= 0.3 is 0 Å². The number of likely N-dealkylation sites (tertiary alicyclic amines) is 1. The van der Waals surface area contributed by atoms with Crippen molar-refractivity contribution in [2.45, 2.75) is 44.7 Å². The first-order valence-corrected chi connectivity index (χ1v) is 10.2. The average molecular weight is 399 g/mol. The molecule has 0 amide bonds. The monoisotopic (exact) mass is 399 g/mol. The van der Waals surface area contributed by atoms with E-state index < -0.39 is 0 Å². The van der Waals surface area contributed by atoms with E-state index >= 15 is 0 Å². The van der Waals surface area contributed by atoms with Crippen LogP contribution in [0.25, 0.3) is 0 Å². The quantitative estimate of drug-likeness (QED) is 0.744. The number of rotatable bonds is 6. The van der Waals surface area contributed by atoms with Gasteiger partial charge in [0, 0.05) is 43.7 Å². The molecule has 2 aliphatic rings. The van der Waals surface area contributed by atoms with E-state index in [0.717, 1.165) is 68.9 Å². The van der Waals surface area contributed by atoms with E-state index in [1.165, 1.54) is 0 Å². The molecule has 3 heterocycles. The lowest BCUT2D eigenvalue weighted by Gasteiger charge is -2.34. The maximum atomic E-state index is 12.1. The minimum absolute atomic E-state index is 0.102. The maximum absolute atomic E-state index is 12.1. The molecule has 0 saturated carbocycles. The fraction of sp³-hybridized carbons (Fsp3) is 0.545. The van der Waals surface area contributed by atoms with Crippen LogP contribution in [0.2, 0.25) is 0 Å². The Hall–Kier alpha value is -2.54. The number of hydrogen-bond donors (Lipinski definition) is 0. The van der Waals surface area contributed by atoms with Gasteiger partial charge in [0.05, 0.1) is 21.3 Å². The van der Waals surface area contributed by atoms with Crippen LogP contribution in [0.4, 0.5) is 0 Å². The summed E-state index contributed by atoms with van der Waals surface area (Å²) in [4.78, 5) is 18.7. The first kappa shape index (κ1) is 19.8. The zero-order valence-electron chi connectivity index (χ0n) is 17.4. The predicted molar refractivity (Wildman–Crippen MR) is 110 cm³/mol. The highest BCUT2D eigenvalue weighted by molar-refractivity contribution is 5.53. The van der Waals surface area contributed by atoms with Gasteiger partial charge in [0.2, 0.25) is 5.75 Å². The number of ether oxygens (including phenoxy) is 3. The standard InChI is InChI=1S/C22H29N3O4/c1-27-18-10-15(11-19(28-2)22(18)29-3)13-24-8-4-6-16(14-24)17-12-21(26)23-20-7-5-9-25(17)20/h10-12,16H,4-9,13-14H2,1-3H3/t16-/m1/s1. The van der Waals surface area contributed by atoms with Crippen molar-refractivity contribution in [3.8, 4) is 17.2 Å². The third-order valence-corrected chi connectivity index (χ3v) is 5.97. The number of nitrogens with zero attached hydrogens (tertiary/aromatic N) is 3. The van der Waals surface area contributed by atoms with Crippen LogP contribution in [0.1, 0.15) is 42.3 Å². The first-order valence-electron chi connectivity index (χ1n) is 10.2. The van der Waals surface area contributed by atoms with Gasteiger partial charge in [0.15, 0.2) is 11.5 Å². The Morgan fingerprint density at radius 1 is 1.03 bits per heavy atom. The number of aryl methyl sites for hydroxylation is 1. The van der Waals surface area contributed by atoms with Gasteiger partial charge in [0.1, 0.15) is 5.82 Å². The molecule has 0 spiro atoms. The van der Waals surface area contributed by atoms with Gasteiger partial charge in [-0.15, -0.1) is 0 Å².